The SMILES string of the molecule is Cc1ccc(OC[C@H](O)CN2C[C@@H](C)C[C@H](C)C2)c(C(C)(C)C)c1. The maximum Gasteiger partial charge on any atom is 0.123 e. The first-order chi connectivity index (χ1) is 11.1. The number of likely N-dealkylation sites (tertiary alicyclic amines) is 1. The van der Waals surface area contributed by atoms with Gasteiger partial charge in [0.1, 0.15) is 18.5 Å². The molecule has 3 nitrogen and oxygen atoms in total. The molecular weight excluding hydrogens is 298 g/mol. The van der Waals surface area contributed by atoms with Crippen molar-refractivity contribution in [2.45, 2.75) is 59.5 Å². The van der Waals surface area contributed by atoms with Crippen LogP contribution >= 0.6 is 0 Å². The predicted molar refractivity (Wildman–Crippen MR) is 101 cm³/mol. The second-order valence-corrected chi connectivity index (χ2v) is 8.88. The summed E-state index contributed by atoms with van der Waals surface area (Å²) in [6.45, 7) is 16.5. The van der Waals surface area contributed by atoms with E-state index in [-0.39, 0.29) is 5.41 Å². The lowest BCUT2D eigenvalue weighted by Gasteiger charge is -2.36. The number of β-amino-alcohol motifs (C(OH)–C–C–N with tert-alkyl or cyclic N) is 1. The molecule has 0 aromatic heterocycles. The minimum absolute atomic E-state index is 0.0318. The fourth-order valence-electron chi connectivity index (χ4n) is 3.83. The first-order valence-corrected chi connectivity index (χ1v) is 9.29. The van der Waals surface area contributed by atoms with Crippen LogP contribution in [0.25, 0.3) is 0 Å². The molecule has 1 aliphatic rings. The summed E-state index contributed by atoms with van der Waals surface area (Å²) in [5.74, 6) is 2.32. The standard InChI is InChI=1S/C21H35NO2/c1-15-7-8-20(19(10-15)21(4,5)6)24-14-18(23)13-22-11-16(2)9-17(3)12-22/h7-8,10,16-18,23H,9,11-14H2,1-6H3/t16-,17-,18+/m0/s1. The number of hydrogen-bond acceptors (Lipinski definition) is 3. The molecule has 0 spiro atoms. The molecule has 1 fully saturated rings. The Morgan fingerprint density at radius 2 is 1.83 bits per heavy atom. The number of benzene rings is 1. The zero-order chi connectivity index (χ0) is 17.9. The molecule has 136 valence electrons. The maximum atomic E-state index is 10.4. The normalized spacial score (nSPS) is 24.0. The molecular formula is C21H35NO2. The van der Waals surface area contributed by atoms with Crippen LogP contribution in [0.4, 0.5) is 0 Å². The Bertz CT molecular complexity index is 525. The van der Waals surface area contributed by atoms with Gasteiger partial charge in [0, 0.05) is 19.6 Å². The van der Waals surface area contributed by atoms with Crippen LogP contribution in [0, 0.1) is 18.8 Å². The van der Waals surface area contributed by atoms with Crippen LogP contribution < -0.4 is 4.74 Å². The van der Waals surface area contributed by atoms with Gasteiger partial charge in [0.15, 0.2) is 0 Å². The summed E-state index contributed by atoms with van der Waals surface area (Å²) >= 11 is 0. The summed E-state index contributed by atoms with van der Waals surface area (Å²) in [5.41, 5.74) is 2.48. The summed E-state index contributed by atoms with van der Waals surface area (Å²) < 4.78 is 6.00. The Morgan fingerprint density at radius 3 is 2.42 bits per heavy atom. The smallest absolute Gasteiger partial charge is 0.123 e. The van der Waals surface area contributed by atoms with Crippen molar-refractivity contribution in [2.24, 2.45) is 11.8 Å². The van der Waals surface area contributed by atoms with Crippen LogP contribution in [-0.4, -0.2) is 42.4 Å². The topological polar surface area (TPSA) is 32.7 Å². The van der Waals surface area contributed by atoms with Crippen LogP contribution in [0.1, 0.15) is 52.2 Å². The van der Waals surface area contributed by atoms with Gasteiger partial charge < -0.3 is 14.7 Å². The van der Waals surface area contributed by atoms with E-state index in [9.17, 15) is 5.11 Å². The van der Waals surface area contributed by atoms with Gasteiger partial charge in [-0.15, -0.1) is 0 Å². The Labute approximate surface area is 148 Å². The molecule has 1 aliphatic heterocycles. The van der Waals surface area contributed by atoms with E-state index < -0.39 is 6.10 Å². The number of nitrogens with zero attached hydrogens (tertiary/aromatic N) is 1. The lowest BCUT2D eigenvalue weighted by molar-refractivity contribution is 0.0424. The first-order valence-electron chi connectivity index (χ1n) is 9.29. The number of rotatable bonds is 5. The van der Waals surface area contributed by atoms with Gasteiger partial charge in [-0.2, -0.15) is 0 Å². The van der Waals surface area contributed by atoms with Gasteiger partial charge in [0.25, 0.3) is 0 Å². The fraction of sp³-hybridized carbons (Fsp3) is 0.714. The van der Waals surface area contributed by atoms with Gasteiger partial charge in [0.05, 0.1) is 0 Å². The Hall–Kier alpha value is -1.06. The van der Waals surface area contributed by atoms with Crippen LogP contribution in [0.5, 0.6) is 5.75 Å². The minimum Gasteiger partial charge on any atom is -0.491 e. The quantitative estimate of drug-likeness (QED) is 0.884. The molecule has 3 heteroatoms. The summed E-state index contributed by atoms with van der Waals surface area (Å²) in [7, 11) is 0. The predicted octanol–water partition coefficient (Wildman–Crippen LogP) is 4.01. The van der Waals surface area contributed by atoms with E-state index in [2.05, 4.69) is 58.6 Å². The molecule has 0 radical (unpaired) electrons. The lowest BCUT2D eigenvalue weighted by atomic mass is 9.85. The Morgan fingerprint density at radius 1 is 1.21 bits per heavy atom. The molecule has 0 unspecified atom stereocenters. The minimum atomic E-state index is -0.448. The molecule has 1 aromatic rings. The number of piperidine rings is 1. The van der Waals surface area contributed by atoms with E-state index in [0.717, 1.165) is 18.8 Å². The second-order valence-electron chi connectivity index (χ2n) is 8.88. The Kier molecular flexibility index (Phi) is 6.33. The van der Waals surface area contributed by atoms with E-state index in [1.807, 2.05) is 6.07 Å². The van der Waals surface area contributed by atoms with Gasteiger partial charge in [0.2, 0.25) is 0 Å². The summed E-state index contributed by atoms with van der Waals surface area (Å²) in [5, 5.41) is 10.4. The van der Waals surface area contributed by atoms with Gasteiger partial charge in [-0.05, 0) is 42.2 Å². The molecule has 0 amide bonds. The summed E-state index contributed by atoms with van der Waals surface area (Å²) in [6.07, 6.45) is 0.845. The highest BCUT2D eigenvalue weighted by atomic mass is 16.5. The van der Waals surface area contributed by atoms with E-state index in [1.165, 1.54) is 17.5 Å². The second kappa shape index (κ2) is 7.88. The molecule has 24 heavy (non-hydrogen) atoms. The molecule has 2 rings (SSSR count). The molecule has 1 saturated heterocycles. The lowest BCUT2D eigenvalue weighted by Crippen LogP contribution is -2.44. The number of aryl methyl sites for hydroxylation is 1. The average Bonchev–Trinajstić information content (AvgIpc) is 2.43. The fourth-order valence-corrected chi connectivity index (χ4v) is 3.83. The Balaban J connectivity index is 1.93. The van der Waals surface area contributed by atoms with Crippen LogP contribution in [0.3, 0.4) is 0 Å². The number of aliphatic hydroxyl groups is 1. The number of ether oxygens (including phenoxy) is 1. The van der Waals surface area contributed by atoms with E-state index in [4.69, 9.17) is 4.74 Å². The van der Waals surface area contributed by atoms with Crippen LogP contribution in [0.2, 0.25) is 0 Å². The van der Waals surface area contributed by atoms with Crippen molar-refractivity contribution in [3.05, 3.63) is 29.3 Å². The third-order valence-electron chi connectivity index (χ3n) is 4.79. The zero-order valence-corrected chi connectivity index (χ0v) is 16.3. The molecule has 1 aromatic carbocycles. The molecule has 1 N–H and O–H groups in total. The molecule has 0 aliphatic carbocycles. The van der Waals surface area contributed by atoms with Crippen molar-refractivity contribution in [1.29, 1.82) is 0 Å². The maximum absolute atomic E-state index is 10.4. The van der Waals surface area contributed by atoms with Crippen molar-refractivity contribution >= 4 is 0 Å². The number of hydrogen-bond donors (Lipinski definition) is 1. The first kappa shape index (κ1) is 19.3. The molecule has 0 saturated carbocycles. The highest BCUT2D eigenvalue weighted by Crippen LogP contribution is 2.32. The van der Waals surface area contributed by atoms with Gasteiger partial charge in [-0.3, -0.25) is 0 Å². The molecule has 0 bridgehead atoms. The highest BCUT2D eigenvalue weighted by molar-refractivity contribution is 5.41. The van der Waals surface area contributed by atoms with Crippen molar-refractivity contribution in [3.63, 3.8) is 0 Å². The van der Waals surface area contributed by atoms with Crippen LogP contribution in [0.15, 0.2) is 18.2 Å². The molecule has 1 heterocycles. The van der Waals surface area contributed by atoms with Crippen molar-refractivity contribution in [3.8, 4) is 5.75 Å². The average molecular weight is 334 g/mol. The van der Waals surface area contributed by atoms with E-state index in [1.54, 1.807) is 0 Å². The van der Waals surface area contributed by atoms with Gasteiger partial charge >= 0.3 is 0 Å². The van der Waals surface area contributed by atoms with Crippen molar-refractivity contribution in [1.82, 2.24) is 4.90 Å². The van der Waals surface area contributed by atoms with E-state index >= 15 is 0 Å². The van der Waals surface area contributed by atoms with Crippen molar-refractivity contribution in [2.75, 3.05) is 26.2 Å². The number of aliphatic hydroxyl groups excluding tert-OH is 1. The largest absolute Gasteiger partial charge is 0.491 e. The van der Waals surface area contributed by atoms with Gasteiger partial charge in [-0.1, -0.05) is 52.3 Å². The van der Waals surface area contributed by atoms with Gasteiger partial charge in [-0.25, -0.2) is 0 Å². The van der Waals surface area contributed by atoms with Crippen molar-refractivity contribution < 1.29 is 9.84 Å². The third kappa shape index (κ3) is 5.49. The third-order valence-corrected chi connectivity index (χ3v) is 4.79. The zero-order valence-electron chi connectivity index (χ0n) is 16.3. The van der Waals surface area contributed by atoms with Crippen LogP contribution in [-0.2, 0) is 5.41 Å². The highest BCUT2D eigenvalue weighted by Gasteiger charge is 2.24. The molecule has 3 atom stereocenters. The van der Waals surface area contributed by atoms with E-state index in [0.29, 0.717) is 25.0 Å². The monoisotopic (exact) mass is 333 g/mol. The summed E-state index contributed by atoms with van der Waals surface area (Å²) in [4.78, 5) is 2.38. The summed E-state index contributed by atoms with van der Waals surface area (Å²) in [6, 6.07) is 6.30.